The van der Waals surface area contributed by atoms with Crippen molar-refractivity contribution in [2.75, 3.05) is 6.54 Å². The molecule has 0 fully saturated rings. The quantitative estimate of drug-likeness (QED) is 0.875. The Morgan fingerprint density at radius 1 is 1.40 bits per heavy atom. The number of rotatable bonds is 6. The van der Waals surface area contributed by atoms with Gasteiger partial charge in [0.1, 0.15) is 5.75 Å². The largest absolute Gasteiger partial charge is 0.482 e. The molecule has 1 heterocycles. The van der Waals surface area contributed by atoms with Crippen LogP contribution in [-0.2, 0) is 13.0 Å². The van der Waals surface area contributed by atoms with Gasteiger partial charge in [-0.05, 0) is 40.5 Å². The number of nitrogens with zero attached hydrogens (tertiary/aromatic N) is 2. The van der Waals surface area contributed by atoms with Crippen molar-refractivity contribution in [1.29, 1.82) is 0 Å². The van der Waals surface area contributed by atoms with E-state index in [1.165, 1.54) is 0 Å². The molecule has 1 aromatic carbocycles. The summed E-state index contributed by atoms with van der Waals surface area (Å²) in [7, 11) is 0. The molecule has 1 aromatic heterocycles. The molecule has 20 heavy (non-hydrogen) atoms. The van der Waals surface area contributed by atoms with Crippen LogP contribution in [0.5, 0.6) is 5.75 Å². The highest BCUT2D eigenvalue weighted by molar-refractivity contribution is 9.10. The van der Waals surface area contributed by atoms with E-state index in [2.05, 4.69) is 26.1 Å². The Morgan fingerprint density at radius 3 is 2.85 bits per heavy atom. The lowest BCUT2D eigenvalue weighted by Crippen LogP contribution is -2.06. The van der Waals surface area contributed by atoms with Gasteiger partial charge in [-0.1, -0.05) is 31.1 Å². The van der Waals surface area contributed by atoms with Crippen molar-refractivity contribution in [3.8, 4) is 5.75 Å². The van der Waals surface area contributed by atoms with Crippen LogP contribution in [-0.4, -0.2) is 16.7 Å². The van der Waals surface area contributed by atoms with Gasteiger partial charge >= 0.3 is 0 Å². The molecule has 0 saturated carbocycles. The molecule has 0 bridgehead atoms. The summed E-state index contributed by atoms with van der Waals surface area (Å²) in [4.78, 5) is 4.29. The number of halogens is 1. The van der Waals surface area contributed by atoms with Crippen LogP contribution in [0.2, 0.25) is 0 Å². The van der Waals surface area contributed by atoms with Crippen LogP contribution < -0.4 is 10.5 Å². The van der Waals surface area contributed by atoms with E-state index < -0.39 is 0 Å². The minimum atomic E-state index is 0.240. The number of benzene rings is 1. The highest BCUT2D eigenvalue weighted by Crippen LogP contribution is 2.30. The maximum absolute atomic E-state index is 5.80. The summed E-state index contributed by atoms with van der Waals surface area (Å²) in [5.41, 5.74) is 6.67. The maximum atomic E-state index is 5.80. The summed E-state index contributed by atoms with van der Waals surface area (Å²) in [6.45, 7) is 4.86. The average Bonchev–Trinajstić information content (AvgIpc) is 2.87. The van der Waals surface area contributed by atoms with Crippen molar-refractivity contribution < 1.29 is 9.26 Å². The first-order valence-electron chi connectivity index (χ1n) is 6.54. The molecular weight excluding hydrogens is 322 g/mol. The fourth-order valence-electron chi connectivity index (χ4n) is 1.76. The van der Waals surface area contributed by atoms with Gasteiger partial charge < -0.3 is 15.0 Å². The van der Waals surface area contributed by atoms with E-state index in [1.807, 2.05) is 32.0 Å². The van der Waals surface area contributed by atoms with Crippen molar-refractivity contribution in [2.45, 2.75) is 32.8 Å². The molecule has 0 spiro atoms. The van der Waals surface area contributed by atoms with E-state index >= 15 is 0 Å². The second-order valence-corrected chi connectivity index (χ2v) is 5.61. The van der Waals surface area contributed by atoms with E-state index in [0.29, 0.717) is 18.3 Å². The number of aromatic nitrogens is 2. The van der Waals surface area contributed by atoms with Gasteiger partial charge in [-0.25, -0.2) is 0 Å². The van der Waals surface area contributed by atoms with Gasteiger partial charge in [0.25, 0.3) is 5.89 Å². The smallest absolute Gasteiger partial charge is 0.264 e. The lowest BCUT2D eigenvalue weighted by Gasteiger charge is -2.11. The van der Waals surface area contributed by atoms with Gasteiger partial charge in [0, 0.05) is 5.92 Å². The first-order chi connectivity index (χ1) is 9.61. The molecule has 0 aliphatic rings. The van der Waals surface area contributed by atoms with Crippen LogP contribution in [0.25, 0.3) is 0 Å². The van der Waals surface area contributed by atoms with E-state index in [9.17, 15) is 0 Å². The monoisotopic (exact) mass is 339 g/mol. The Morgan fingerprint density at radius 2 is 2.20 bits per heavy atom. The van der Waals surface area contributed by atoms with Gasteiger partial charge in [0.2, 0.25) is 0 Å². The molecule has 2 rings (SSSR count). The third kappa shape index (κ3) is 3.58. The lowest BCUT2D eigenvalue weighted by atomic mass is 10.1. The van der Waals surface area contributed by atoms with Crippen LogP contribution in [0.1, 0.15) is 37.0 Å². The summed E-state index contributed by atoms with van der Waals surface area (Å²) in [6.07, 6.45) is 0.760. The Kier molecular flexibility index (Phi) is 5.14. The average molecular weight is 340 g/mol. The van der Waals surface area contributed by atoms with Crippen LogP contribution in [0, 0.1) is 0 Å². The van der Waals surface area contributed by atoms with E-state index in [1.54, 1.807) is 0 Å². The summed E-state index contributed by atoms with van der Waals surface area (Å²) in [5, 5.41) is 3.91. The van der Waals surface area contributed by atoms with Crippen molar-refractivity contribution >= 4 is 15.9 Å². The zero-order valence-corrected chi connectivity index (χ0v) is 13.2. The van der Waals surface area contributed by atoms with Gasteiger partial charge in [-0.2, -0.15) is 4.98 Å². The Labute approximate surface area is 126 Å². The molecule has 0 amide bonds. The molecule has 6 heteroatoms. The summed E-state index contributed by atoms with van der Waals surface area (Å²) >= 11 is 3.49. The van der Waals surface area contributed by atoms with Crippen molar-refractivity contribution in [2.24, 2.45) is 5.73 Å². The molecule has 0 aliphatic heterocycles. The summed E-state index contributed by atoms with van der Waals surface area (Å²) < 4.78 is 11.9. The van der Waals surface area contributed by atoms with Gasteiger partial charge in [-0.3, -0.25) is 0 Å². The van der Waals surface area contributed by atoms with E-state index in [4.69, 9.17) is 15.0 Å². The third-order valence-electron chi connectivity index (χ3n) is 2.80. The second-order valence-electron chi connectivity index (χ2n) is 4.76. The minimum Gasteiger partial charge on any atom is -0.482 e. The first-order valence-corrected chi connectivity index (χ1v) is 7.34. The predicted molar refractivity (Wildman–Crippen MR) is 79.6 cm³/mol. The molecule has 5 nitrogen and oxygen atoms in total. The lowest BCUT2D eigenvalue weighted by molar-refractivity contribution is 0.239. The zero-order valence-electron chi connectivity index (χ0n) is 11.6. The molecule has 0 unspecified atom stereocenters. The number of hydrogen-bond acceptors (Lipinski definition) is 5. The molecule has 0 aliphatic carbocycles. The van der Waals surface area contributed by atoms with Gasteiger partial charge in [0.05, 0.1) is 4.47 Å². The SMILES string of the molecule is CC(C)c1noc(COc2c(Br)cccc2CCN)n1. The molecule has 108 valence electrons. The Bertz CT molecular complexity index is 569. The normalized spacial score (nSPS) is 11.1. The summed E-state index contributed by atoms with van der Waals surface area (Å²) in [6, 6.07) is 5.90. The molecule has 0 atom stereocenters. The number of ether oxygens (including phenoxy) is 1. The number of hydrogen-bond donors (Lipinski definition) is 1. The fourth-order valence-corrected chi connectivity index (χ4v) is 2.28. The van der Waals surface area contributed by atoms with Crippen LogP contribution in [0.4, 0.5) is 0 Å². The highest BCUT2D eigenvalue weighted by atomic mass is 79.9. The molecule has 2 aromatic rings. The highest BCUT2D eigenvalue weighted by Gasteiger charge is 2.12. The Hall–Kier alpha value is -1.40. The minimum absolute atomic E-state index is 0.240. The zero-order chi connectivity index (χ0) is 14.5. The molecular formula is C14H18BrN3O2. The van der Waals surface area contributed by atoms with Crippen LogP contribution in [0.15, 0.2) is 27.2 Å². The van der Waals surface area contributed by atoms with Gasteiger partial charge in [0.15, 0.2) is 12.4 Å². The van der Waals surface area contributed by atoms with E-state index in [0.717, 1.165) is 22.2 Å². The summed E-state index contributed by atoms with van der Waals surface area (Å²) in [5.74, 6) is 2.19. The topological polar surface area (TPSA) is 74.2 Å². The molecule has 0 saturated heterocycles. The molecule has 0 radical (unpaired) electrons. The molecule has 2 N–H and O–H groups in total. The van der Waals surface area contributed by atoms with Crippen LogP contribution >= 0.6 is 15.9 Å². The van der Waals surface area contributed by atoms with Gasteiger partial charge in [-0.15, -0.1) is 0 Å². The van der Waals surface area contributed by atoms with Crippen molar-refractivity contribution in [3.05, 3.63) is 40.0 Å². The second kappa shape index (κ2) is 6.85. The van der Waals surface area contributed by atoms with Crippen molar-refractivity contribution in [3.63, 3.8) is 0 Å². The first kappa shape index (κ1) is 15.0. The number of nitrogens with two attached hydrogens (primary N) is 1. The predicted octanol–water partition coefficient (Wildman–Crippen LogP) is 3.04. The van der Waals surface area contributed by atoms with Crippen LogP contribution in [0.3, 0.4) is 0 Å². The Balaban J connectivity index is 2.09. The number of para-hydroxylation sites is 1. The standard InChI is InChI=1S/C14H18BrN3O2/c1-9(2)14-17-12(20-18-14)8-19-13-10(6-7-16)4-3-5-11(13)15/h3-5,9H,6-8,16H2,1-2H3. The van der Waals surface area contributed by atoms with Crippen molar-refractivity contribution in [1.82, 2.24) is 10.1 Å². The van der Waals surface area contributed by atoms with E-state index in [-0.39, 0.29) is 12.5 Å². The maximum Gasteiger partial charge on any atom is 0.264 e. The fraction of sp³-hybridized carbons (Fsp3) is 0.429. The third-order valence-corrected chi connectivity index (χ3v) is 3.43.